The van der Waals surface area contributed by atoms with Crippen LogP contribution in [0.5, 0.6) is 0 Å². The van der Waals surface area contributed by atoms with Gasteiger partial charge in [0.05, 0.1) is 0 Å². The molecular formula is C27H29N. The molecule has 3 aromatic rings. The molecule has 1 nitrogen and oxygen atoms in total. The van der Waals surface area contributed by atoms with E-state index in [9.17, 15) is 0 Å². The van der Waals surface area contributed by atoms with Gasteiger partial charge in [0.15, 0.2) is 0 Å². The van der Waals surface area contributed by atoms with Crippen molar-refractivity contribution in [2.45, 2.75) is 46.2 Å². The van der Waals surface area contributed by atoms with E-state index in [1.807, 2.05) is 0 Å². The Labute approximate surface area is 169 Å². The number of nitrogens with zero attached hydrogens (tertiary/aromatic N) is 1. The third kappa shape index (κ3) is 4.54. The van der Waals surface area contributed by atoms with E-state index < -0.39 is 0 Å². The Balaban J connectivity index is 1.64. The van der Waals surface area contributed by atoms with Gasteiger partial charge >= 0.3 is 0 Å². The maximum atomic E-state index is 2.48. The molecule has 1 aliphatic carbocycles. The second kappa shape index (κ2) is 8.48. The fourth-order valence-electron chi connectivity index (χ4n) is 4.01. The van der Waals surface area contributed by atoms with Crippen molar-refractivity contribution in [2.24, 2.45) is 0 Å². The van der Waals surface area contributed by atoms with Crippen molar-refractivity contribution in [1.29, 1.82) is 0 Å². The van der Waals surface area contributed by atoms with Crippen LogP contribution in [0.1, 0.15) is 46.2 Å². The van der Waals surface area contributed by atoms with Crippen LogP contribution in [-0.4, -0.2) is 4.90 Å². The average molecular weight is 368 g/mol. The van der Waals surface area contributed by atoms with E-state index in [0.29, 0.717) is 0 Å². The van der Waals surface area contributed by atoms with Gasteiger partial charge in [-0.2, -0.15) is 0 Å². The van der Waals surface area contributed by atoms with Crippen molar-refractivity contribution >= 4 is 5.57 Å². The van der Waals surface area contributed by atoms with Gasteiger partial charge < -0.3 is 4.90 Å². The molecule has 1 heteroatoms. The number of hydrogen-bond acceptors (Lipinski definition) is 1. The van der Waals surface area contributed by atoms with Gasteiger partial charge in [0, 0.05) is 19.3 Å². The van der Waals surface area contributed by atoms with Crippen LogP contribution in [0, 0.1) is 13.8 Å². The van der Waals surface area contributed by atoms with Crippen molar-refractivity contribution in [3.05, 3.63) is 112 Å². The number of benzene rings is 3. The summed E-state index contributed by atoms with van der Waals surface area (Å²) in [6, 6.07) is 26.8. The fourth-order valence-corrected chi connectivity index (χ4v) is 4.01. The Morgan fingerprint density at radius 3 is 1.89 bits per heavy atom. The first-order valence-corrected chi connectivity index (χ1v) is 10.3. The quantitative estimate of drug-likeness (QED) is 0.486. The van der Waals surface area contributed by atoms with Crippen molar-refractivity contribution in [3.63, 3.8) is 0 Å². The smallest absolute Gasteiger partial charge is 0.0427 e. The molecule has 0 amide bonds. The Morgan fingerprint density at radius 2 is 1.29 bits per heavy atom. The molecule has 0 saturated carbocycles. The predicted octanol–water partition coefficient (Wildman–Crippen LogP) is 6.68. The Bertz CT molecular complexity index is 901. The van der Waals surface area contributed by atoms with E-state index in [0.717, 1.165) is 19.5 Å². The average Bonchev–Trinajstić information content (AvgIpc) is 2.72. The first kappa shape index (κ1) is 18.6. The second-order valence-corrected chi connectivity index (χ2v) is 8.04. The summed E-state index contributed by atoms with van der Waals surface area (Å²) in [5.41, 5.74) is 9.75. The van der Waals surface area contributed by atoms with Gasteiger partial charge in [-0.3, -0.25) is 0 Å². The first-order chi connectivity index (χ1) is 13.7. The van der Waals surface area contributed by atoms with E-state index in [4.69, 9.17) is 0 Å². The molecule has 1 aliphatic rings. The summed E-state index contributed by atoms with van der Waals surface area (Å²) in [7, 11) is 0. The van der Waals surface area contributed by atoms with Crippen LogP contribution in [-0.2, 0) is 19.5 Å². The van der Waals surface area contributed by atoms with Gasteiger partial charge in [-0.05, 0) is 60.9 Å². The van der Waals surface area contributed by atoms with Crippen LogP contribution < -0.4 is 0 Å². The van der Waals surface area contributed by atoms with Crippen molar-refractivity contribution in [3.8, 4) is 0 Å². The zero-order valence-corrected chi connectivity index (χ0v) is 17.0. The van der Waals surface area contributed by atoms with Crippen LogP contribution in [0.2, 0.25) is 0 Å². The Kier molecular flexibility index (Phi) is 5.62. The Hall–Kier alpha value is -2.80. The van der Waals surface area contributed by atoms with Gasteiger partial charge in [0.1, 0.15) is 0 Å². The number of aryl methyl sites for hydroxylation is 3. The largest absolute Gasteiger partial charge is 0.369 e. The predicted molar refractivity (Wildman–Crippen MR) is 119 cm³/mol. The molecule has 0 aliphatic heterocycles. The molecule has 28 heavy (non-hydrogen) atoms. The van der Waals surface area contributed by atoms with Crippen LogP contribution in [0.25, 0.3) is 5.57 Å². The molecule has 0 spiro atoms. The molecular weight excluding hydrogens is 338 g/mol. The molecule has 0 aromatic heterocycles. The van der Waals surface area contributed by atoms with E-state index in [1.54, 1.807) is 0 Å². The minimum atomic E-state index is 0.930. The summed E-state index contributed by atoms with van der Waals surface area (Å²) < 4.78 is 0. The standard InChI is InChI=1S/C27H29N/c1-21-10-14-23(15-11-21)18-28(19-24-16-12-22(2)13-17-24)20-26-8-5-7-25-6-3-4-9-27(25)26/h3-4,6,9-17,20H,5,7-8,18-19H2,1-2H3. The number of allylic oxidation sites excluding steroid dienone is 1. The molecule has 0 radical (unpaired) electrons. The molecule has 0 bridgehead atoms. The minimum Gasteiger partial charge on any atom is -0.369 e. The SMILES string of the molecule is Cc1ccc(CN(C=C2CCCc3ccccc32)Cc2ccc(C)cc2)cc1. The number of rotatable bonds is 5. The van der Waals surface area contributed by atoms with Crippen LogP contribution >= 0.6 is 0 Å². The maximum absolute atomic E-state index is 2.48. The van der Waals surface area contributed by atoms with Gasteiger partial charge in [-0.25, -0.2) is 0 Å². The highest BCUT2D eigenvalue weighted by molar-refractivity contribution is 5.69. The lowest BCUT2D eigenvalue weighted by Crippen LogP contribution is -2.18. The fraction of sp³-hybridized carbons (Fsp3) is 0.259. The highest BCUT2D eigenvalue weighted by Gasteiger charge is 2.15. The van der Waals surface area contributed by atoms with Crippen LogP contribution in [0.3, 0.4) is 0 Å². The van der Waals surface area contributed by atoms with Gasteiger partial charge in [-0.15, -0.1) is 0 Å². The molecule has 0 atom stereocenters. The van der Waals surface area contributed by atoms with Gasteiger partial charge in [-0.1, -0.05) is 83.9 Å². The highest BCUT2D eigenvalue weighted by Crippen LogP contribution is 2.31. The summed E-state index contributed by atoms with van der Waals surface area (Å²) in [5, 5.41) is 0. The number of fused-ring (bicyclic) bond motifs is 1. The van der Waals surface area contributed by atoms with E-state index in [1.165, 1.54) is 51.8 Å². The molecule has 4 rings (SSSR count). The van der Waals surface area contributed by atoms with Crippen molar-refractivity contribution in [1.82, 2.24) is 4.90 Å². The van der Waals surface area contributed by atoms with Crippen molar-refractivity contribution in [2.75, 3.05) is 0 Å². The van der Waals surface area contributed by atoms with Crippen molar-refractivity contribution < 1.29 is 0 Å². The van der Waals surface area contributed by atoms with E-state index in [-0.39, 0.29) is 0 Å². The minimum absolute atomic E-state index is 0.930. The lowest BCUT2D eigenvalue weighted by atomic mass is 9.88. The van der Waals surface area contributed by atoms with Crippen LogP contribution in [0.4, 0.5) is 0 Å². The van der Waals surface area contributed by atoms with Gasteiger partial charge in [0.2, 0.25) is 0 Å². The molecule has 3 aromatic carbocycles. The molecule has 0 fully saturated rings. The zero-order valence-electron chi connectivity index (χ0n) is 17.0. The molecule has 0 heterocycles. The summed E-state index contributed by atoms with van der Waals surface area (Å²) in [6.07, 6.45) is 6.02. The van der Waals surface area contributed by atoms with Crippen LogP contribution in [0.15, 0.2) is 79.0 Å². The Morgan fingerprint density at radius 1 is 0.714 bits per heavy atom. The summed E-state index contributed by atoms with van der Waals surface area (Å²) >= 11 is 0. The summed E-state index contributed by atoms with van der Waals surface area (Å²) in [6.45, 7) is 6.16. The first-order valence-electron chi connectivity index (χ1n) is 10.3. The maximum Gasteiger partial charge on any atom is 0.0427 e. The second-order valence-electron chi connectivity index (χ2n) is 8.04. The summed E-state index contributed by atoms with van der Waals surface area (Å²) in [5.74, 6) is 0. The lowest BCUT2D eigenvalue weighted by molar-refractivity contribution is 0.362. The summed E-state index contributed by atoms with van der Waals surface area (Å²) in [4.78, 5) is 2.48. The van der Waals surface area contributed by atoms with E-state index in [2.05, 4.69) is 97.7 Å². The molecule has 0 N–H and O–H groups in total. The van der Waals surface area contributed by atoms with E-state index >= 15 is 0 Å². The molecule has 142 valence electrons. The lowest BCUT2D eigenvalue weighted by Gasteiger charge is -2.26. The highest BCUT2D eigenvalue weighted by atomic mass is 15.1. The molecule has 0 saturated heterocycles. The van der Waals surface area contributed by atoms with Gasteiger partial charge in [0.25, 0.3) is 0 Å². The zero-order chi connectivity index (χ0) is 19.3. The normalized spacial score (nSPS) is 14.7. The monoisotopic (exact) mass is 367 g/mol. The third-order valence-corrected chi connectivity index (χ3v) is 5.61. The number of hydrogen-bond donors (Lipinski definition) is 0. The topological polar surface area (TPSA) is 3.24 Å². The third-order valence-electron chi connectivity index (χ3n) is 5.61. The molecule has 0 unspecified atom stereocenters.